The third kappa shape index (κ3) is 1.50. The number of hydrogen-bond donors (Lipinski definition) is 1. The molecule has 7 rings (SSSR count). The number of carbonyl (C=O) groups excluding carboxylic acids is 2. The van der Waals surface area contributed by atoms with Crippen LogP contribution in [0.3, 0.4) is 0 Å². The first-order valence-electron chi connectivity index (χ1n) is 8.25. The van der Waals surface area contributed by atoms with Crippen molar-refractivity contribution in [1.29, 1.82) is 0 Å². The third-order valence-corrected chi connectivity index (χ3v) is 6.46. The number of hydrogen-bond acceptors (Lipinski definition) is 8. The monoisotopic (exact) mass is 350 g/mol. The third-order valence-electron chi connectivity index (χ3n) is 6.46. The molecular weight excluding hydrogens is 332 g/mol. The minimum absolute atomic E-state index is 0.0810. The van der Waals surface area contributed by atoms with Crippen LogP contribution in [-0.4, -0.2) is 46.9 Å². The Morgan fingerprint density at radius 2 is 2.20 bits per heavy atom. The Morgan fingerprint density at radius 3 is 2.88 bits per heavy atom. The summed E-state index contributed by atoms with van der Waals surface area (Å²) in [6.07, 6.45) is 1.21. The smallest absolute Gasteiger partial charge is 0.374 e. The molecule has 6 fully saturated rings. The molecule has 134 valence electrons. The number of ether oxygens (including phenoxy) is 4. The van der Waals surface area contributed by atoms with E-state index in [0.29, 0.717) is 6.42 Å². The molecule has 3 aliphatic carbocycles. The molecule has 1 aromatic heterocycles. The summed E-state index contributed by atoms with van der Waals surface area (Å²) in [5, 5.41) is 11.3. The summed E-state index contributed by atoms with van der Waals surface area (Å²) in [4.78, 5) is 23.7. The summed E-state index contributed by atoms with van der Waals surface area (Å²) in [7, 11) is 0. The molecule has 8 heteroatoms. The van der Waals surface area contributed by atoms with Crippen molar-refractivity contribution in [2.75, 3.05) is 6.61 Å². The fourth-order valence-corrected chi connectivity index (χ4v) is 5.41. The number of aliphatic hydroxyl groups is 1. The average molecular weight is 350 g/mol. The average Bonchev–Trinajstić information content (AvgIpc) is 3.10. The largest absolute Gasteiger partial charge is 0.459 e. The summed E-state index contributed by atoms with van der Waals surface area (Å²) in [6.45, 7) is 3.01. The Morgan fingerprint density at radius 1 is 1.40 bits per heavy atom. The van der Waals surface area contributed by atoms with E-state index in [0.717, 1.165) is 0 Å². The minimum Gasteiger partial charge on any atom is -0.459 e. The van der Waals surface area contributed by atoms with Crippen molar-refractivity contribution in [1.82, 2.24) is 0 Å². The molecule has 8 nitrogen and oxygen atoms in total. The molecule has 25 heavy (non-hydrogen) atoms. The van der Waals surface area contributed by atoms with Crippen LogP contribution in [0.1, 0.15) is 37.2 Å². The highest BCUT2D eigenvalue weighted by Crippen LogP contribution is 2.81. The Hall–Kier alpha value is -1.90. The minimum atomic E-state index is -1.20. The zero-order chi connectivity index (χ0) is 17.7. The van der Waals surface area contributed by atoms with Gasteiger partial charge in [-0.1, -0.05) is 0 Å². The zero-order valence-corrected chi connectivity index (χ0v) is 13.8. The fraction of sp³-hybridized carbons (Fsp3) is 0.647. The normalized spacial score (nSPS) is 48.3. The Labute approximate surface area is 143 Å². The van der Waals surface area contributed by atoms with Gasteiger partial charge in [0.25, 0.3) is 0 Å². The van der Waals surface area contributed by atoms with Crippen LogP contribution in [0.5, 0.6) is 0 Å². The second-order valence-corrected chi connectivity index (χ2v) is 7.59. The van der Waals surface area contributed by atoms with Crippen molar-refractivity contribution in [2.45, 2.75) is 50.0 Å². The number of carbonyl (C=O) groups is 2. The van der Waals surface area contributed by atoms with Crippen LogP contribution in [-0.2, 0) is 23.7 Å². The Kier molecular flexibility index (Phi) is 2.61. The summed E-state index contributed by atoms with van der Waals surface area (Å²) >= 11 is 0. The van der Waals surface area contributed by atoms with E-state index in [4.69, 9.17) is 23.4 Å². The summed E-state index contributed by atoms with van der Waals surface area (Å²) in [5.74, 6) is -2.43. The van der Waals surface area contributed by atoms with Crippen LogP contribution in [0.2, 0.25) is 0 Å². The molecule has 1 aromatic rings. The lowest BCUT2D eigenvalue weighted by atomic mass is 9.41. The van der Waals surface area contributed by atoms with Gasteiger partial charge >= 0.3 is 11.9 Å². The van der Waals surface area contributed by atoms with Crippen molar-refractivity contribution < 1.29 is 38.1 Å². The lowest BCUT2D eigenvalue weighted by molar-refractivity contribution is -0.384. The molecule has 0 amide bonds. The van der Waals surface area contributed by atoms with Gasteiger partial charge < -0.3 is 28.5 Å². The first-order valence-corrected chi connectivity index (χ1v) is 8.25. The van der Waals surface area contributed by atoms with Gasteiger partial charge in [-0.2, -0.15) is 0 Å². The predicted octanol–water partition coefficient (Wildman–Crippen LogP) is 0.982. The highest BCUT2D eigenvalue weighted by atomic mass is 16.8. The maximum Gasteiger partial charge on any atom is 0.374 e. The molecule has 0 aromatic carbocycles. The topological polar surface area (TPSA) is 104 Å². The van der Waals surface area contributed by atoms with E-state index in [1.54, 1.807) is 13.0 Å². The number of furan rings is 1. The molecule has 0 radical (unpaired) electrons. The van der Waals surface area contributed by atoms with Gasteiger partial charge in [-0.25, -0.2) is 4.79 Å². The van der Waals surface area contributed by atoms with Crippen LogP contribution in [0, 0.1) is 11.3 Å². The second kappa shape index (κ2) is 4.25. The fourth-order valence-electron chi connectivity index (χ4n) is 5.41. The van der Waals surface area contributed by atoms with E-state index in [2.05, 4.69) is 0 Å². The van der Waals surface area contributed by atoms with Crippen LogP contribution < -0.4 is 0 Å². The van der Waals surface area contributed by atoms with E-state index < -0.39 is 40.6 Å². The summed E-state index contributed by atoms with van der Waals surface area (Å²) in [6, 6.07) is 3.09. The van der Waals surface area contributed by atoms with Gasteiger partial charge in [-0.3, -0.25) is 4.79 Å². The van der Waals surface area contributed by atoms with E-state index in [9.17, 15) is 14.7 Å². The lowest BCUT2D eigenvalue weighted by Gasteiger charge is -2.65. The van der Waals surface area contributed by atoms with Crippen molar-refractivity contribution >= 4 is 11.9 Å². The van der Waals surface area contributed by atoms with Crippen molar-refractivity contribution in [3.8, 4) is 0 Å². The van der Waals surface area contributed by atoms with Crippen LogP contribution >= 0.6 is 0 Å². The predicted molar refractivity (Wildman–Crippen MR) is 78.0 cm³/mol. The zero-order valence-electron chi connectivity index (χ0n) is 13.8. The first-order chi connectivity index (χ1) is 11.8. The van der Waals surface area contributed by atoms with Crippen LogP contribution in [0.25, 0.3) is 0 Å². The molecule has 3 saturated carbocycles. The molecular formula is C17H18O8. The van der Waals surface area contributed by atoms with Crippen LogP contribution in [0.15, 0.2) is 22.8 Å². The standard InChI is InChI=1S/C17H18O8/c1-9(18)23-16-7-14(2)17(20)6-11(16)15(17,13(24-14)25-16)8-22-12(19)10-4-3-5-21-10/h3-5,11,13,20H,6-8H2,1-2H3. The van der Waals surface area contributed by atoms with Crippen LogP contribution in [0.4, 0.5) is 0 Å². The van der Waals surface area contributed by atoms with E-state index in [1.165, 1.54) is 19.3 Å². The molecule has 3 aliphatic heterocycles. The SMILES string of the molecule is CC(=O)OC12CC3(C)OC(O1)C1(COC(=O)c4ccco4)C2CC31O. The molecule has 3 saturated heterocycles. The van der Waals surface area contributed by atoms with Gasteiger partial charge in [0.1, 0.15) is 17.8 Å². The molecule has 1 N–H and O–H groups in total. The maximum absolute atomic E-state index is 12.1. The van der Waals surface area contributed by atoms with Gasteiger partial charge in [0.2, 0.25) is 11.5 Å². The Balaban J connectivity index is 1.47. The molecule has 4 heterocycles. The quantitative estimate of drug-likeness (QED) is 0.802. The van der Waals surface area contributed by atoms with Gasteiger partial charge in [-0.05, 0) is 25.5 Å². The highest BCUT2D eigenvalue weighted by Gasteiger charge is 2.94. The molecule has 6 atom stereocenters. The maximum atomic E-state index is 12.1. The number of rotatable bonds is 4. The molecule has 6 aliphatic rings. The summed E-state index contributed by atoms with van der Waals surface area (Å²) < 4.78 is 27.8. The Bertz CT molecular complexity index is 774. The van der Waals surface area contributed by atoms with Gasteiger partial charge in [0, 0.05) is 19.3 Å². The van der Waals surface area contributed by atoms with Crippen molar-refractivity contribution in [3.63, 3.8) is 0 Å². The first kappa shape index (κ1) is 15.4. The van der Waals surface area contributed by atoms with Gasteiger partial charge in [0.15, 0.2) is 6.29 Å². The highest BCUT2D eigenvalue weighted by molar-refractivity contribution is 5.86. The van der Waals surface area contributed by atoms with Crippen molar-refractivity contribution in [3.05, 3.63) is 24.2 Å². The number of esters is 2. The molecule has 6 bridgehead atoms. The van der Waals surface area contributed by atoms with Gasteiger partial charge in [-0.15, -0.1) is 0 Å². The van der Waals surface area contributed by atoms with E-state index in [-0.39, 0.29) is 24.7 Å². The van der Waals surface area contributed by atoms with Gasteiger partial charge in [0.05, 0.1) is 11.7 Å². The molecule has 6 unspecified atom stereocenters. The molecule has 0 spiro atoms. The summed E-state index contributed by atoms with van der Waals surface area (Å²) in [5.41, 5.74) is -3.06. The van der Waals surface area contributed by atoms with E-state index >= 15 is 0 Å². The van der Waals surface area contributed by atoms with E-state index in [1.807, 2.05) is 0 Å². The lowest BCUT2D eigenvalue weighted by Crippen LogP contribution is -2.79. The van der Waals surface area contributed by atoms with Crippen molar-refractivity contribution in [2.24, 2.45) is 11.3 Å². The second-order valence-electron chi connectivity index (χ2n) is 7.59.